The molecule has 5 nitrogen and oxygen atoms in total. The normalized spacial score (nSPS) is 28.6. The highest BCUT2D eigenvalue weighted by Crippen LogP contribution is 2.26. The molecule has 1 atom stereocenters. The molecule has 112 valence electrons. The van der Waals surface area contributed by atoms with Gasteiger partial charge in [0.15, 0.2) is 0 Å². The topological polar surface area (TPSA) is 66.6 Å². The number of thioether (sulfide) groups is 1. The zero-order chi connectivity index (χ0) is 13.9. The standard InChI is InChI=1S/C12H25N3O2S2/c1-2-12-10-15(7-8-18-12)19(16,17)14-5-3-11(9-13)4-6-14/h11-12H,2-10,13H2,1H3. The molecular formula is C12H25N3O2S2. The summed E-state index contributed by atoms with van der Waals surface area (Å²) in [6, 6.07) is 0. The fourth-order valence-corrected chi connectivity index (χ4v) is 5.77. The van der Waals surface area contributed by atoms with Gasteiger partial charge in [-0.3, -0.25) is 0 Å². The van der Waals surface area contributed by atoms with Crippen LogP contribution in [0.3, 0.4) is 0 Å². The third-order valence-corrected chi connectivity index (χ3v) is 7.49. The van der Waals surface area contributed by atoms with Crippen LogP contribution in [0, 0.1) is 5.92 Å². The van der Waals surface area contributed by atoms with Crippen LogP contribution in [-0.2, 0) is 10.2 Å². The largest absolute Gasteiger partial charge is 0.330 e. The van der Waals surface area contributed by atoms with Gasteiger partial charge in [-0.25, -0.2) is 0 Å². The highest BCUT2D eigenvalue weighted by molar-refractivity contribution is 8.00. The predicted octanol–water partition coefficient (Wildman–Crippen LogP) is 0.729. The molecule has 0 spiro atoms. The lowest BCUT2D eigenvalue weighted by molar-refractivity contribution is 0.257. The Morgan fingerprint density at radius 1 is 1.21 bits per heavy atom. The zero-order valence-corrected chi connectivity index (χ0v) is 13.3. The summed E-state index contributed by atoms with van der Waals surface area (Å²) in [6.07, 6.45) is 2.83. The second kappa shape index (κ2) is 6.76. The Labute approximate surface area is 121 Å². The van der Waals surface area contributed by atoms with E-state index in [2.05, 4.69) is 6.92 Å². The van der Waals surface area contributed by atoms with Gasteiger partial charge in [0.25, 0.3) is 10.2 Å². The summed E-state index contributed by atoms with van der Waals surface area (Å²) in [6.45, 7) is 5.38. The maximum Gasteiger partial charge on any atom is 0.282 e. The SMILES string of the molecule is CCC1CN(S(=O)(=O)N2CCC(CN)CC2)CCS1. The van der Waals surface area contributed by atoms with E-state index >= 15 is 0 Å². The van der Waals surface area contributed by atoms with E-state index in [0.29, 0.717) is 43.9 Å². The molecule has 2 saturated heterocycles. The van der Waals surface area contributed by atoms with Crippen molar-refractivity contribution in [2.75, 3.05) is 38.5 Å². The van der Waals surface area contributed by atoms with E-state index in [4.69, 9.17) is 5.73 Å². The van der Waals surface area contributed by atoms with E-state index in [1.807, 2.05) is 11.8 Å². The number of piperidine rings is 1. The van der Waals surface area contributed by atoms with Crippen LogP contribution < -0.4 is 5.73 Å². The summed E-state index contributed by atoms with van der Waals surface area (Å²) >= 11 is 1.89. The van der Waals surface area contributed by atoms with E-state index in [1.54, 1.807) is 8.61 Å². The molecule has 0 aromatic carbocycles. The van der Waals surface area contributed by atoms with Crippen LogP contribution in [0.2, 0.25) is 0 Å². The number of hydrogen-bond donors (Lipinski definition) is 1. The molecule has 2 fully saturated rings. The molecule has 7 heteroatoms. The molecule has 1 unspecified atom stereocenters. The monoisotopic (exact) mass is 307 g/mol. The molecule has 0 radical (unpaired) electrons. The summed E-state index contributed by atoms with van der Waals surface area (Å²) in [5, 5.41) is 0.449. The first kappa shape index (κ1) is 15.6. The van der Waals surface area contributed by atoms with Crippen molar-refractivity contribution < 1.29 is 8.42 Å². The molecule has 0 saturated carbocycles. The van der Waals surface area contributed by atoms with Gasteiger partial charge in [0.05, 0.1) is 0 Å². The van der Waals surface area contributed by atoms with Crippen LogP contribution in [0.4, 0.5) is 0 Å². The number of hydrogen-bond acceptors (Lipinski definition) is 4. The van der Waals surface area contributed by atoms with E-state index < -0.39 is 10.2 Å². The van der Waals surface area contributed by atoms with Crippen LogP contribution >= 0.6 is 11.8 Å². The fraction of sp³-hybridized carbons (Fsp3) is 1.00. The van der Waals surface area contributed by atoms with E-state index in [-0.39, 0.29) is 0 Å². The first-order valence-electron chi connectivity index (χ1n) is 7.14. The van der Waals surface area contributed by atoms with Crippen molar-refractivity contribution in [1.29, 1.82) is 0 Å². The molecule has 0 aromatic rings. The Kier molecular flexibility index (Phi) is 5.54. The molecule has 0 amide bonds. The fourth-order valence-electron chi connectivity index (χ4n) is 2.69. The predicted molar refractivity (Wildman–Crippen MR) is 80.4 cm³/mol. The van der Waals surface area contributed by atoms with Gasteiger partial charge in [-0.05, 0) is 31.7 Å². The molecule has 0 aliphatic carbocycles. The Balaban J connectivity index is 1.98. The van der Waals surface area contributed by atoms with Crippen LogP contribution in [0.5, 0.6) is 0 Å². The minimum atomic E-state index is -3.25. The molecule has 2 aliphatic heterocycles. The van der Waals surface area contributed by atoms with Gasteiger partial charge in [-0.2, -0.15) is 28.8 Å². The Morgan fingerprint density at radius 2 is 1.89 bits per heavy atom. The first-order chi connectivity index (χ1) is 9.07. The molecule has 2 rings (SSSR count). The Hall–Kier alpha value is 0.180. The molecule has 2 N–H and O–H groups in total. The summed E-state index contributed by atoms with van der Waals surface area (Å²) in [5.74, 6) is 1.41. The first-order valence-corrected chi connectivity index (χ1v) is 9.59. The second-order valence-corrected chi connectivity index (χ2v) is 8.68. The molecule has 2 heterocycles. The van der Waals surface area contributed by atoms with Crippen LogP contribution in [0.1, 0.15) is 26.2 Å². The van der Waals surface area contributed by atoms with E-state index in [9.17, 15) is 8.42 Å². The van der Waals surface area contributed by atoms with Crippen molar-refractivity contribution in [2.45, 2.75) is 31.4 Å². The van der Waals surface area contributed by atoms with Crippen LogP contribution in [-0.4, -0.2) is 60.8 Å². The van der Waals surface area contributed by atoms with Gasteiger partial charge in [0.1, 0.15) is 0 Å². The summed E-state index contributed by atoms with van der Waals surface area (Å²) in [7, 11) is -3.25. The lowest BCUT2D eigenvalue weighted by Crippen LogP contribution is -2.51. The Bertz CT molecular complexity index is 380. The average molecular weight is 307 g/mol. The maximum absolute atomic E-state index is 12.6. The van der Waals surface area contributed by atoms with Gasteiger partial charge in [-0.15, -0.1) is 0 Å². The van der Waals surface area contributed by atoms with Gasteiger partial charge < -0.3 is 5.73 Å². The van der Waals surface area contributed by atoms with Gasteiger partial charge in [0.2, 0.25) is 0 Å². The molecule has 2 aliphatic rings. The highest BCUT2D eigenvalue weighted by Gasteiger charge is 2.35. The average Bonchev–Trinajstić information content (AvgIpc) is 2.47. The summed E-state index contributed by atoms with van der Waals surface area (Å²) < 4.78 is 28.6. The molecular weight excluding hydrogens is 282 g/mol. The lowest BCUT2D eigenvalue weighted by Gasteiger charge is -2.37. The van der Waals surface area contributed by atoms with Crippen molar-refractivity contribution in [1.82, 2.24) is 8.61 Å². The Morgan fingerprint density at radius 3 is 2.47 bits per heavy atom. The minimum Gasteiger partial charge on any atom is -0.330 e. The smallest absolute Gasteiger partial charge is 0.282 e. The van der Waals surface area contributed by atoms with Crippen molar-refractivity contribution in [2.24, 2.45) is 11.7 Å². The molecule has 0 bridgehead atoms. The maximum atomic E-state index is 12.6. The van der Waals surface area contributed by atoms with Crippen molar-refractivity contribution in [3.8, 4) is 0 Å². The van der Waals surface area contributed by atoms with Gasteiger partial charge in [-0.1, -0.05) is 6.92 Å². The van der Waals surface area contributed by atoms with Crippen molar-refractivity contribution in [3.05, 3.63) is 0 Å². The van der Waals surface area contributed by atoms with Gasteiger partial charge in [0, 0.05) is 37.2 Å². The van der Waals surface area contributed by atoms with E-state index in [1.165, 1.54) is 0 Å². The number of nitrogens with two attached hydrogens (primary N) is 1. The zero-order valence-electron chi connectivity index (χ0n) is 11.6. The van der Waals surface area contributed by atoms with Crippen molar-refractivity contribution in [3.63, 3.8) is 0 Å². The van der Waals surface area contributed by atoms with Crippen LogP contribution in [0.15, 0.2) is 0 Å². The van der Waals surface area contributed by atoms with Gasteiger partial charge >= 0.3 is 0 Å². The summed E-state index contributed by atoms with van der Waals surface area (Å²) in [4.78, 5) is 0. The number of rotatable bonds is 4. The molecule has 19 heavy (non-hydrogen) atoms. The van der Waals surface area contributed by atoms with Crippen LogP contribution in [0.25, 0.3) is 0 Å². The quantitative estimate of drug-likeness (QED) is 0.831. The van der Waals surface area contributed by atoms with E-state index in [0.717, 1.165) is 25.0 Å². The minimum absolute atomic E-state index is 0.449. The third kappa shape index (κ3) is 3.64. The third-order valence-electron chi connectivity index (χ3n) is 4.12. The summed E-state index contributed by atoms with van der Waals surface area (Å²) in [5.41, 5.74) is 5.66. The molecule has 0 aromatic heterocycles. The highest BCUT2D eigenvalue weighted by atomic mass is 32.2. The second-order valence-electron chi connectivity index (χ2n) is 5.34. The lowest BCUT2D eigenvalue weighted by atomic mass is 9.99. The number of nitrogens with zero attached hydrogens (tertiary/aromatic N) is 2. The van der Waals surface area contributed by atoms with Crippen molar-refractivity contribution >= 4 is 22.0 Å².